The molecule has 19 heavy (non-hydrogen) atoms. The molecule has 3 heteroatoms. The van der Waals surface area contributed by atoms with E-state index in [1.54, 1.807) is 0 Å². The van der Waals surface area contributed by atoms with Gasteiger partial charge in [-0.25, -0.2) is 0 Å². The molecule has 2 N–H and O–H groups in total. The smallest absolute Gasteiger partial charge is 0.253 e. The highest BCUT2D eigenvalue weighted by Gasteiger charge is 2.38. The number of nitrogens with zero attached hydrogens (tertiary/aromatic N) is 1. The van der Waals surface area contributed by atoms with E-state index in [0.717, 1.165) is 37.1 Å². The van der Waals surface area contributed by atoms with E-state index in [4.69, 9.17) is 5.73 Å². The second-order valence-corrected chi connectivity index (χ2v) is 6.17. The molecule has 1 unspecified atom stereocenters. The van der Waals surface area contributed by atoms with Gasteiger partial charge in [0, 0.05) is 24.7 Å². The molecule has 2 aliphatic rings. The quantitative estimate of drug-likeness (QED) is 0.839. The summed E-state index contributed by atoms with van der Waals surface area (Å²) in [5.41, 5.74) is 8.00. The Kier molecular flexibility index (Phi) is 3.31. The van der Waals surface area contributed by atoms with Crippen molar-refractivity contribution in [3.63, 3.8) is 0 Å². The van der Waals surface area contributed by atoms with Gasteiger partial charge in [-0.05, 0) is 50.2 Å². The average molecular weight is 258 g/mol. The molecule has 0 radical (unpaired) electrons. The minimum Gasteiger partial charge on any atom is -0.338 e. The maximum Gasteiger partial charge on any atom is 0.253 e. The fourth-order valence-electron chi connectivity index (χ4n) is 3.59. The first-order chi connectivity index (χ1) is 9.13. The molecule has 0 aromatic heterocycles. The van der Waals surface area contributed by atoms with Crippen molar-refractivity contribution >= 4 is 5.91 Å². The van der Waals surface area contributed by atoms with Gasteiger partial charge in [0.05, 0.1) is 0 Å². The van der Waals surface area contributed by atoms with Crippen molar-refractivity contribution in [3.05, 3.63) is 35.4 Å². The number of hydrogen-bond donors (Lipinski definition) is 1. The van der Waals surface area contributed by atoms with Crippen molar-refractivity contribution in [2.24, 2.45) is 17.6 Å². The summed E-state index contributed by atoms with van der Waals surface area (Å²) in [6.07, 6.45) is 3.39. The molecule has 1 heterocycles. The molecule has 3 nitrogen and oxygen atoms in total. The van der Waals surface area contributed by atoms with Gasteiger partial charge in [0.15, 0.2) is 0 Å². The van der Waals surface area contributed by atoms with E-state index >= 15 is 0 Å². The Morgan fingerprint density at radius 1 is 1.26 bits per heavy atom. The maximum absolute atomic E-state index is 12.5. The normalized spacial score (nSPS) is 30.2. The van der Waals surface area contributed by atoms with Crippen LogP contribution in [0.3, 0.4) is 0 Å². The Balaban J connectivity index is 1.72. The van der Waals surface area contributed by atoms with E-state index in [9.17, 15) is 4.79 Å². The lowest BCUT2D eigenvalue weighted by Gasteiger charge is -2.27. The number of benzene rings is 1. The average Bonchev–Trinajstić information content (AvgIpc) is 2.80. The van der Waals surface area contributed by atoms with Gasteiger partial charge in [-0.1, -0.05) is 17.7 Å². The van der Waals surface area contributed by atoms with Gasteiger partial charge in [0.1, 0.15) is 0 Å². The van der Waals surface area contributed by atoms with Crippen molar-refractivity contribution in [2.45, 2.75) is 32.2 Å². The third-order valence-corrected chi connectivity index (χ3v) is 4.64. The van der Waals surface area contributed by atoms with Gasteiger partial charge in [0.25, 0.3) is 5.91 Å². The van der Waals surface area contributed by atoms with Gasteiger partial charge < -0.3 is 10.6 Å². The predicted molar refractivity (Wildman–Crippen MR) is 75.9 cm³/mol. The van der Waals surface area contributed by atoms with Crippen molar-refractivity contribution in [1.82, 2.24) is 4.90 Å². The van der Waals surface area contributed by atoms with Crippen LogP contribution in [0, 0.1) is 18.8 Å². The number of likely N-dealkylation sites (tertiary alicyclic amines) is 1. The molecule has 1 saturated heterocycles. The summed E-state index contributed by atoms with van der Waals surface area (Å²) in [6, 6.07) is 8.23. The molecule has 1 amide bonds. The number of amides is 1. The lowest BCUT2D eigenvalue weighted by molar-refractivity contribution is 0.0784. The van der Waals surface area contributed by atoms with Crippen LogP contribution in [0.15, 0.2) is 24.3 Å². The fourth-order valence-corrected chi connectivity index (χ4v) is 3.59. The van der Waals surface area contributed by atoms with E-state index in [1.807, 2.05) is 36.1 Å². The van der Waals surface area contributed by atoms with Crippen molar-refractivity contribution in [3.8, 4) is 0 Å². The van der Waals surface area contributed by atoms with Crippen LogP contribution < -0.4 is 5.73 Å². The third kappa shape index (κ3) is 2.52. The highest BCUT2D eigenvalue weighted by molar-refractivity contribution is 5.94. The second kappa shape index (κ2) is 4.97. The van der Waals surface area contributed by atoms with E-state index in [2.05, 4.69) is 0 Å². The van der Waals surface area contributed by atoms with Crippen LogP contribution in [0.1, 0.15) is 35.2 Å². The predicted octanol–water partition coefficient (Wildman–Crippen LogP) is 2.19. The summed E-state index contributed by atoms with van der Waals surface area (Å²) in [5.74, 6) is 1.48. The van der Waals surface area contributed by atoms with Gasteiger partial charge in [-0.3, -0.25) is 4.79 Å². The van der Waals surface area contributed by atoms with E-state index in [0.29, 0.717) is 17.9 Å². The zero-order valence-electron chi connectivity index (χ0n) is 11.5. The second-order valence-electron chi connectivity index (χ2n) is 6.17. The third-order valence-electron chi connectivity index (χ3n) is 4.64. The van der Waals surface area contributed by atoms with Gasteiger partial charge in [0.2, 0.25) is 0 Å². The minimum atomic E-state index is 0.187. The minimum absolute atomic E-state index is 0.187. The number of rotatable bonds is 1. The molecule has 1 aliphatic heterocycles. The molecule has 102 valence electrons. The molecule has 3 rings (SSSR count). The largest absolute Gasteiger partial charge is 0.338 e. The summed E-state index contributed by atoms with van der Waals surface area (Å²) in [7, 11) is 0. The Morgan fingerprint density at radius 3 is 2.84 bits per heavy atom. The monoisotopic (exact) mass is 258 g/mol. The summed E-state index contributed by atoms with van der Waals surface area (Å²) in [6.45, 7) is 3.84. The molecule has 1 saturated carbocycles. The summed E-state index contributed by atoms with van der Waals surface area (Å²) in [5, 5.41) is 0. The Morgan fingerprint density at radius 2 is 2.05 bits per heavy atom. The van der Waals surface area contributed by atoms with Crippen LogP contribution in [-0.2, 0) is 0 Å². The summed E-state index contributed by atoms with van der Waals surface area (Å²) in [4.78, 5) is 14.5. The first-order valence-electron chi connectivity index (χ1n) is 7.25. The van der Waals surface area contributed by atoms with Crippen molar-refractivity contribution in [2.75, 3.05) is 13.1 Å². The van der Waals surface area contributed by atoms with Crippen molar-refractivity contribution < 1.29 is 4.79 Å². The summed E-state index contributed by atoms with van der Waals surface area (Å²) < 4.78 is 0. The van der Waals surface area contributed by atoms with Gasteiger partial charge >= 0.3 is 0 Å². The lowest BCUT2D eigenvalue weighted by Crippen LogP contribution is -2.32. The van der Waals surface area contributed by atoms with E-state index < -0.39 is 0 Å². The molecule has 1 aliphatic carbocycles. The molecule has 3 atom stereocenters. The molecule has 1 aromatic rings. The Labute approximate surface area is 114 Å². The first kappa shape index (κ1) is 12.7. The van der Waals surface area contributed by atoms with Crippen LogP contribution in [0.4, 0.5) is 0 Å². The number of carbonyl (C=O) groups is 1. The highest BCUT2D eigenvalue weighted by atomic mass is 16.2. The Bertz CT molecular complexity index is 485. The lowest BCUT2D eigenvalue weighted by atomic mass is 9.79. The molecule has 2 fully saturated rings. The van der Waals surface area contributed by atoms with E-state index in [-0.39, 0.29) is 5.91 Å². The van der Waals surface area contributed by atoms with Crippen LogP contribution in [0.5, 0.6) is 0 Å². The zero-order chi connectivity index (χ0) is 13.4. The van der Waals surface area contributed by atoms with Crippen LogP contribution >= 0.6 is 0 Å². The molecule has 0 spiro atoms. The van der Waals surface area contributed by atoms with E-state index in [1.165, 1.54) is 6.42 Å². The number of carbonyl (C=O) groups excluding carboxylic acids is 1. The van der Waals surface area contributed by atoms with Crippen LogP contribution in [0.25, 0.3) is 0 Å². The number of fused-ring (bicyclic) bond motifs is 1. The number of nitrogens with two attached hydrogens (primary N) is 1. The molecular formula is C16H22N2O. The first-order valence-corrected chi connectivity index (χ1v) is 7.25. The van der Waals surface area contributed by atoms with Crippen molar-refractivity contribution in [1.29, 1.82) is 0 Å². The number of hydrogen-bond acceptors (Lipinski definition) is 2. The summed E-state index contributed by atoms with van der Waals surface area (Å²) >= 11 is 0. The van der Waals surface area contributed by atoms with Gasteiger partial charge in [-0.15, -0.1) is 0 Å². The molecular weight excluding hydrogens is 236 g/mol. The SMILES string of the molecule is Cc1cccc(C(=O)N2C[C@H]3CCC(N)C[C@H]3C2)c1. The van der Waals surface area contributed by atoms with Gasteiger partial charge in [-0.2, -0.15) is 0 Å². The molecule has 0 bridgehead atoms. The standard InChI is InChI=1S/C16H22N2O/c1-11-3-2-4-12(7-11)16(19)18-9-13-5-6-15(17)8-14(13)10-18/h2-4,7,13-15H,5-6,8-10,17H2,1H3/t13-,14+,15?/m1/s1. The maximum atomic E-state index is 12.5. The topological polar surface area (TPSA) is 46.3 Å². The highest BCUT2D eigenvalue weighted by Crippen LogP contribution is 2.36. The van der Waals surface area contributed by atoms with Crippen LogP contribution in [0.2, 0.25) is 0 Å². The molecule has 1 aromatic carbocycles. The van der Waals surface area contributed by atoms with Crippen LogP contribution in [-0.4, -0.2) is 29.9 Å². The fraction of sp³-hybridized carbons (Fsp3) is 0.562. The zero-order valence-corrected chi connectivity index (χ0v) is 11.5. The Hall–Kier alpha value is -1.35. The number of aryl methyl sites for hydroxylation is 1.